The van der Waals surface area contributed by atoms with Gasteiger partial charge in [-0.25, -0.2) is 0 Å². The molecule has 4 unspecified atom stereocenters. The van der Waals surface area contributed by atoms with Gasteiger partial charge in [0.1, 0.15) is 0 Å². The second-order valence-electron chi connectivity index (χ2n) is 4.93. The van der Waals surface area contributed by atoms with Gasteiger partial charge in [0.05, 0.1) is 0 Å². The summed E-state index contributed by atoms with van der Waals surface area (Å²) in [6, 6.07) is 0. The van der Waals surface area contributed by atoms with E-state index in [1.807, 2.05) is 0 Å². The summed E-state index contributed by atoms with van der Waals surface area (Å²) in [5.41, 5.74) is 0.711. The van der Waals surface area contributed by atoms with Gasteiger partial charge in [-0.2, -0.15) is 0 Å². The Morgan fingerprint density at radius 2 is 2.27 bits per heavy atom. The maximum atomic E-state index is 2.52. The second kappa shape index (κ2) is 1.73. The van der Waals surface area contributed by atoms with Crippen molar-refractivity contribution in [3.05, 3.63) is 12.2 Å². The molecule has 0 aliphatic heterocycles. The lowest BCUT2D eigenvalue weighted by Crippen LogP contribution is -2.28. The maximum Gasteiger partial charge on any atom is -0.0145 e. The zero-order chi connectivity index (χ0) is 7.47. The van der Waals surface area contributed by atoms with Crippen LogP contribution in [0.25, 0.3) is 0 Å². The van der Waals surface area contributed by atoms with E-state index in [0.29, 0.717) is 5.41 Å². The minimum absolute atomic E-state index is 0.711. The molecule has 60 valence electrons. The Hall–Kier alpha value is -0.260. The first-order valence-electron chi connectivity index (χ1n) is 4.97. The fraction of sp³-hybridized carbons (Fsp3) is 0.818. The molecule has 3 aliphatic carbocycles. The Morgan fingerprint density at radius 1 is 1.36 bits per heavy atom. The van der Waals surface area contributed by atoms with Gasteiger partial charge in [0.15, 0.2) is 0 Å². The van der Waals surface area contributed by atoms with Gasteiger partial charge in [-0.1, -0.05) is 19.1 Å². The molecule has 3 rings (SSSR count). The van der Waals surface area contributed by atoms with E-state index in [1.54, 1.807) is 6.42 Å². The third kappa shape index (κ3) is 0.579. The highest BCUT2D eigenvalue weighted by Gasteiger charge is 2.55. The molecule has 0 amide bonds. The lowest BCUT2D eigenvalue weighted by molar-refractivity contribution is 0.152. The minimum Gasteiger partial charge on any atom is -0.0877 e. The molecule has 0 radical (unpaired) electrons. The van der Waals surface area contributed by atoms with Crippen LogP contribution in [-0.4, -0.2) is 0 Å². The molecule has 0 nitrogen and oxygen atoms in total. The van der Waals surface area contributed by atoms with Crippen LogP contribution in [0.3, 0.4) is 0 Å². The summed E-state index contributed by atoms with van der Waals surface area (Å²) >= 11 is 0. The summed E-state index contributed by atoms with van der Waals surface area (Å²) in [5.74, 6) is 3.12. The Labute approximate surface area is 68.7 Å². The average Bonchev–Trinajstić information content (AvgIpc) is 2.54. The van der Waals surface area contributed by atoms with Gasteiger partial charge >= 0.3 is 0 Å². The molecular weight excluding hydrogens is 132 g/mol. The quantitative estimate of drug-likeness (QED) is 0.463. The van der Waals surface area contributed by atoms with Crippen LogP contribution in [0.2, 0.25) is 0 Å². The van der Waals surface area contributed by atoms with E-state index >= 15 is 0 Å². The summed E-state index contributed by atoms with van der Waals surface area (Å²) in [6.45, 7) is 2.52. The van der Waals surface area contributed by atoms with Crippen molar-refractivity contribution in [1.29, 1.82) is 0 Å². The predicted octanol–water partition coefficient (Wildman–Crippen LogP) is 3.00. The fourth-order valence-electron chi connectivity index (χ4n) is 3.90. The summed E-state index contributed by atoms with van der Waals surface area (Å²) in [6.07, 6.45) is 10.9. The number of allylic oxidation sites excluding steroid dienone is 2. The van der Waals surface area contributed by atoms with Crippen LogP contribution >= 0.6 is 0 Å². The highest BCUT2D eigenvalue weighted by atomic mass is 14.6. The predicted molar refractivity (Wildman–Crippen MR) is 46.2 cm³/mol. The van der Waals surface area contributed by atoms with Crippen LogP contribution in [-0.2, 0) is 0 Å². The lowest BCUT2D eigenvalue weighted by atomic mass is 9.69. The van der Waals surface area contributed by atoms with Crippen molar-refractivity contribution in [2.75, 3.05) is 0 Å². The molecule has 11 heavy (non-hydrogen) atoms. The Morgan fingerprint density at radius 3 is 3.09 bits per heavy atom. The Bertz CT molecular complexity index is 216. The number of hydrogen-bond acceptors (Lipinski definition) is 0. The molecule has 2 bridgehead atoms. The summed E-state index contributed by atoms with van der Waals surface area (Å²) in [5, 5.41) is 0. The van der Waals surface area contributed by atoms with Crippen LogP contribution in [0.5, 0.6) is 0 Å². The molecule has 3 aliphatic rings. The van der Waals surface area contributed by atoms with Crippen LogP contribution in [0.4, 0.5) is 0 Å². The Balaban J connectivity index is 2.04. The van der Waals surface area contributed by atoms with E-state index in [9.17, 15) is 0 Å². The van der Waals surface area contributed by atoms with Crippen LogP contribution in [0, 0.1) is 23.2 Å². The van der Waals surface area contributed by atoms with Crippen molar-refractivity contribution in [3.8, 4) is 0 Å². The molecule has 0 aromatic heterocycles. The van der Waals surface area contributed by atoms with Gasteiger partial charge in [-0.15, -0.1) is 0 Å². The molecule has 0 aromatic carbocycles. The van der Waals surface area contributed by atoms with Gasteiger partial charge in [-0.05, 0) is 48.9 Å². The van der Waals surface area contributed by atoms with Crippen molar-refractivity contribution >= 4 is 0 Å². The zero-order valence-corrected chi connectivity index (χ0v) is 7.22. The first-order chi connectivity index (χ1) is 5.31. The van der Waals surface area contributed by atoms with Crippen LogP contribution < -0.4 is 0 Å². The van der Waals surface area contributed by atoms with Crippen molar-refractivity contribution in [2.45, 2.75) is 32.6 Å². The van der Waals surface area contributed by atoms with Gasteiger partial charge in [0.2, 0.25) is 0 Å². The van der Waals surface area contributed by atoms with Crippen molar-refractivity contribution in [1.82, 2.24) is 0 Å². The SMILES string of the molecule is CC12CC=CC1C1CCC2C1. The normalized spacial score (nSPS) is 58.8. The summed E-state index contributed by atoms with van der Waals surface area (Å²) in [4.78, 5) is 0. The molecule has 0 aromatic rings. The molecule has 0 heteroatoms. The van der Waals surface area contributed by atoms with Crippen molar-refractivity contribution in [2.24, 2.45) is 23.2 Å². The second-order valence-corrected chi connectivity index (χ2v) is 4.93. The highest BCUT2D eigenvalue weighted by Crippen LogP contribution is 2.63. The minimum atomic E-state index is 0.711. The van der Waals surface area contributed by atoms with Crippen molar-refractivity contribution in [3.63, 3.8) is 0 Å². The molecule has 2 fully saturated rings. The summed E-state index contributed by atoms with van der Waals surface area (Å²) in [7, 11) is 0. The van der Waals surface area contributed by atoms with Gasteiger partial charge < -0.3 is 0 Å². The van der Waals surface area contributed by atoms with Gasteiger partial charge in [0.25, 0.3) is 0 Å². The third-order valence-corrected chi connectivity index (χ3v) is 4.58. The molecular formula is C11H16. The first-order valence-corrected chi connectivity index (χ1v) is 4.97. The smallest absolute Gasteiger partial charge is 0.0145 e. The number of rotatable bonds is 0. The topological polar surface area (TPSA) is 0 Å². The van der Waals surface area contributed by atoms with E-state index in [4.69, 9.17) is 0 Å². The molecule has 0 N–H and O–H groups in total. The number of fused-ring (bicyclic) bond motifs is 5. The molecule has 0 heterocycles. The van der Waals surface area contributed by atoms with E-state index < -0.39 is 0 Å². The van der Waals surface area contributed by atoms with Gasteiger partial charge in [-0.3, -0.25) is 0 Å². The zero-order valence-electron chi connectivity index (χ0n) is 7.22. The largest absolute Gasteiger partial charge is 0.0877 e. The maximum absolute atomic E-state index is 2.52. The monoisotopic (exact) mass is 148 g/mol. The standard InChI is InChI=1S/C11H16/c1-11-6-2-3-10(11)8-4-5-9(11)7-8/h2-3,8-10H,4-7H2,1H3. The van der Waals surface area contributed by atoms with Crippen LogP contribution in [0.1, 0.15) is 32.6 Å². The highest BCUT2D eigenvalue weighted by molar-refractivity contribution is 5.17. The third-order valence-electron chi connectivity index (χ3n) is 4.58. The molecule has 2 saturated carbocycles. The van der Waals surface area contributed by atoms with Gasteiger partial charge in [0, 0.05) is 0 Å². The van der Waals surface area contributed by atoms with Crippen LogP contribution in [0.15, 0.2) is 12.2 Å². The molecule has 0 saturated heterocycles. The molecule has 4 atom stereocenters. The van der Waals surface area contributed by atoms with E-state index in [0.717, 1.165) is 17.8 Å². The molecule has 0 spiro atoms. The lowest BCUT2D eigenvalue weighted by Gasteiger charge is -2.35. The Kier molecular flexibility index (Phi) is 0.987. The first kappa shape index (κ1) is 6.28. The van der Waals surface area contributed by atoms with E-state index in [2.05, 4.69) is 19.1 Å². The average molecular weight is 148 g/mol. The number of hydrogen-bond donors (Lipinski definition) is 0. The van der Waals surface area contributed by atoms with E-state index in [1.165, 1.54) is 19.3 Å². The van der Waals surface area contributed by atoms with Crippen molar-refractivity contribution < 1.29 is 0 Å². The fourth-order valence-corrected chi connectivity index (χ4v) is 3.90. The van der Waals surface area contributed by atoms with E-state index in [-0.39, 0.29) is 0 Å². The summed E-state index contributed by atoms with van der Waals surface area (Å²) < 4.78 is 0.